The summed E-state index contributed by atoms with van der Waals surface area (Å²) in [5.41, 5.74) is 0. The highest BCUT2D eigenvalue weighted by Gasteiger charge is 2.45. The number of carbonyl (C=O) groups excluding carboxylic acids is 1. The van der Waals surface area contributed by atoms with Crippen LogP contribution in [0.15, 0.2) is 21.2 Å². The quantitative estimate of drug-likeness (QED) is 0.831. The lowest BCUT2D eigenvalue weighted by atomic mass is 9.92. The molecule has 1 N–H and O–H groups in total. The van der Waals surface area contributed by atoms with Crippen molar-refractivity contribution in [3.8, 4) is 0 Å². The van der Waals surface area contributed by atoms with Gasteiger partial charge in [0.15, 0.2) is 10.4 Å². The molecule has 2 fully saturated rings. The van der Waals surface area contributed by atoms with E-state index in [-0.39, 0.29) is 5.91 Å². The number of amides is 1. The van der Waals surface area contributed by atoms with Crippen molar-refractivity contribution in [3.05, 3.63) is 22.6 Å². The fourth-order valence-electron chi connectivity index (χ4n) is 2.32. The summed E-state index contributed by atoms with van der Waals surface area (Å²) in [6.07, 6.45) is 0. The van der Waals surface area contributed by atoms with E-state index in [2.05, 4.69) is 21.2 Å². The maximum absolute atomic E-state index is 12.0. The molecule has 0 aromatic carbocycles. The van der Waals surface area contributed by atoms with Gasteiger partial charge in [-0.2, -0.15) is 0 Å². The molecular weight excluding hydrogens is 260 g/mol. The van der Waals surface area contributed by atoms with Crippen molar-refractivity contribution in [2.45, 2.75) is 6.04 Å². The summed E-state index contributed by atoms with van der Waals surface area (Å²) in [4.78, 5) is 13.9. The number of halogens is 1. The molecule has 4 nitrogen and oxygen atoms in total. The standard InChI is InChI=1S/C10H11BrN2O2/c11-9-2-1-8(15-9)10(14)13-5-6-3-12-4-7(6)13/h1-2,6-7,12H,3-5H2. The lowest BCUT2D eigenvalue weighted by Gasteiger charge is -2.43. The molecule has 3 heterocycles. The van der Waals surface area contributed by atoms with Crippen molar-refractivity contribution in [1.82, 2.24) is 10.2 Å². The molecule has 80 valence electrons. The molecule has 0 bridgehead atoms. The maximum atomic E-state index is 12.0. The summed E-state index contributed by atoms with van der Waals surface area (Å²) in [6.45, 7) is 2.81. The molecule has 1 amide bonds. The van der Waals surface area contributed by atoms with Crippen molar-refractivity contribution >= 4 is 21.8 Å². The third-order valence-corrected chi connectivity index (χ3v) is 3.61. The molecule has 15 heavy (non-hydrogen) atoms. The van der Waals surface area contributed by atoms with Crippen LogP contribution in [0.3, 0.4) is 0 Å². The minimum atomic E-state index is 0.00523. The van der Waals surface area contributed by atoms with Gasteiger partial charge in [-0.05, 0) is 28.1 Å². The summed E-state index contributed by atoms with van der Waals surface area (Å²) < 4.78 is 5.86. The van der Waals surface area contributed by atoms with Gasteiger partial charge in [-0.3, -0.25) is 4.79 Å². The van der Waals surface area contributed by atoms with Crippen LogP contribution in [-0.4, -0.2) is 36.5 Å². The predicted octanol–water partition coefficient (Wildman–Crippen LogP) is 1.09. The number of likely N-dealkylation sites (tertiary alicyclic amines) is 1. The van der Waals surface area contributed by atoms with Crippen molar-refractivity contribution in [1.29, 1.82) is 0 Å². The van der Waals surface area contributed by atoms with Crippen LogP contribution in [0.5, 0.6) is 0 Å². The van der Waals surface area contributed by atoms with Crippen LogP contribution in [0.4, 0.5) is 0 Å². The number of nitrogens with one attached hydrogen (secondary N) is 1. The van der Waals surface area contributed by atoms with E-state index in [0.717, 1.165) is 19.6 Å². The van der Waals surface area contributed by atoms with Gasteiger partial charge in [-0.1, -0.05) is 0 Å². The number of nitrogens with zero attached hydrogens (tertiary/aromatic N) is 1. The molecule has 2 saturated heterocycles. The average molecular weight is 271 g/mol. The van der Waals surface area contributed by atoms with E-state index in [1.807, 2.05) is 4.90 Å². The second kappa shape index (κ2) is 3.35. The Hall–Kier alpha value is -0.810. The van der Waals surface area contributed by atoms with E-state index in [1.54, 1.807) is 12.1 Å². The summed E-state index contributed by atoms with van der Waals surface area (Å²) in [5.74, 6) is 1.07. The van der Waals surface area contributed by atoms with Gasteiger partial charge in [0.1, 0.15) is 0 Å². The van der Waals surface area contributed by atoms with E-state index in [9.17, 15) is 4.79 Å². The Morgan fingerprint density at radius 2 is 2.40 bits per heavy atom. The molecule has 2 aliphatic heterocycles. The Morgan fingerprint density at radius 3 is 3.07 bits per heavy atom. The fourth-order valence-corrected chi connectivity index (χ4v) is 2.63. The first-order valence-corrected chi connectivity index (χ1v) is 5.82. The lowest BCUT2D eigenvalue weighted by molar-refractivity contribution is 0.0296. The number of rotatable bonds is 1. The highest BCUT2D eigenvalue weighted by atomic mass is 79.9. The first-order chi connectivity index (χ1) is 7.25. The van der Waals surface area contributed by atoms with E-state index < -0.39 is 0 Å². The minimum absolute atomic E-state index is 0.00523. The van der Waals surface area contributed by atoms with E-state index in [1.165, 1.54) is 0 Å². The average Bonchev–Trinajstić information content (AvgIpc) is 2.74. The molecule has 0 saturated carbocycles. The van der Waals surface area contributed by atoms with Gasteiger partial charge in [0.25, 0.3) is 5.91 Å². The Morgan fingerprint density at radius 1 is 1.53 bits per heavy atom. The van der Waals surface area contributed by atoms with Gasteiger partial charge in [0, 0.05) is 25.6 Å². The minimum Gasteiger partial charge on any atom is -0.444 e. The molecule has 1 aromatic rings. The van der Waals surface area contributed by atoms with Gasteiger partial charge >= 0.3 is 0 Å². The zero-order valence-corrected chi connectivity index (χ0v) is 9.66. The number of furan rings is 1. The molecule has 0 spiro atoms. The van der Waals surface area contributed by atoms with E-state index in [4.69, 9.17) is 4.42 Å². The molecule has 0 aliphatic carbocycles. The smallest absolute Gasteiger partial charge is 0.289 e. The fraction of sp³-hybridized carbons (Fsp3) is 0.500. The second-order valence-electron chi connectivity index (χ2n) is 4.05. The molecule has 2 unspecified atom stereocenters. The topological polar surface area (TPSA) is 45.5 Å². The van der Waals surface area contributed by atoms with Gasteiger partial charge < -0.3 is 14.6 Å². The van der Waals surface area contributed by atoms with E-state index in [0.29, 0.717) is 22.4 Å². The third kappa shape index (κ3) is 1.41. The van der Waals surface area contributed by atoms with Crippen LogP contribution < -0.4 is 5.32 Å². The molecule has 3 rings (SSSR count). The Balaban J connectivity index is 1.76. The van der Waals surface area contributed by atoms with Crippen LogP contribution in [-0.2, 0) is 0 Å². The van der Waals surface area contributed by atoms with Gasteiger partial charge in [-0.15, -0.1) is 0 Å². The van der Waals surface area contributed by atoms with Crippen molar-refractivity contribution in [2.75, 3.05) is 19.6 Å². The molecular formula is C10H11BrN2O2. The summed E-state index contributed by atoms with van der Waals surface area (Å²) >= 11 is 3.20. The van der Waals surface area contributed by atoms with E-state index >= 15 is 0 Å². The monoisotopic (exact) mass is 270 g/mol. The summed E-state index contributed by atoms with van der Waals surface area (Å²) in [5, 5.41) is 3.29. The molecule has 2 aliphatic rings. The lowest BCUT2D eigenvalue weighted by Crippen LogP contribution is -2.57. The largest absolute Gasteiger partial charge is 0.444 e. The number of fused-ring (bicyclic) bond motifs is 1. The normalized spacial score (nSPS) is 28.7. The van der Waals surface area contributed by atoms with Crippen molar-refractivity contribution < 1.29 is 9.21 Å². The second-order valence-corrected chi connectivity index (χ2v) is 4.83. The van der Waals surface area contributed by atoms with Crippen LogP contribution >= 0.6 is 15.9 Å². The van der Waals surface area contributed by atoms with Crippen LogP contribution in [0.2, 0.25) is 0 Å². The Labute approximate surface area is 95.7 Å². The number of carbonyl (C=O) groups is 1. The number of hydrogen-bond acceptors (Lipinski definition) is 3. The molecule has 2 atom stereocenters. The molecule has 0 radical (unpaired) electrons. The molecule has 5 heteroatoms. The van der Waals surface area contributed by atoms with Gasteiger partial charge in [-0.25, -0.2) is 0 Å². The summed E-state index contributed by atoms with van der Waals surface area (Å²) in [7, 11) is 0. The first-order valence-electron chi connectivity index (χ1n) is 5.03. The zero-order valence-electron chi connectivity index (χ0n) is 8.07. The zero-order chi connectivity index (χ0) is 10.4. The maximum Gasteiger partial charge on any atom is 0.289 e. The van der Waals surface area contributed by atoms with Crippen molar-refractivity contribution in [3.63, 3.8) is 0 Å². The van der Waals surface area contributed by atoms with Crippen LogP contribution in [0.1, 0.15) is 10.6 Å². The SMILES string of the molecule is O=C(c1ccc(Br)o1)N1CC2CNCC21. The highest BCUT2D eigenvalue weighted by Crippen LogP contribution is 2.30. The highest BCUT2D eigenvalue weighted by molar-refractivity contribution is 9.10. The molecule has 1 aromatic heterocycles. The van der Waals surface area contributed by atoms with Gasteiger partial charge in [0.2, 0.25) is 0 Å². The predicted molar refractivity (Wildman–Crippen MR) is 57.6 cm³/mol. The van der Waals surface area contributed by atoms with Gasteiger partial charge in [0.05, 0.1) is 6.04 Å². The Kier molecular flexibility index (Phi) is 2.10. The Bertz CT molecular complexity index is 404. The van der Waals surface area contributed by atoms with Crippen LogP contribution in [0, 0.1) is 5.92 Å². The first kappa shape index (κ1) is 9.42. The third-order valence-electron chi connectivity index (χ3n) is 3.18. The van der Waals surface area contributed by atoms with Crippen molar-refractivity contribution in [2.24, 2.45) is 5.92 Å². The van der Waals surface area contributed by atoms with Crippen LogP contribution in [0.25, 0.3) is 0 Å². The summed E-state index contributed by atoms with van der Waals surface area (Å²) in [6, 6.07) is 3.83. The number of hydrogen-bond donors (Lipinski definition) is 1.